The van der Waals surface area contributed by atoms with Gasteiger partial charge >= 0.3 is 0 Å². The zero-order valence-electron chi connectivity index (χ0n) is 15.8. The van der Waals surface area contributed by atoms with Crippen molar-refractivity contribution in [2.45, 2.75) is 38.1 Å². The van der Waals surface area contributed by atoms with Crippen molar-refractivity contribution in [1.82, 2.24) is 25.1 Å². The topological polar surface area (TPSA) is 75.4 Å². The second kappa shape index (κ2) is 7.22. The summed E-state index contributed by atoms with van der Waals surface area (Å²) in [6.45, 7) is 1.67. The van der Waals surface area contributed by atoms with E-state index in [1.807, 2.05) is 12.1 Å². The van der Waals surface area contributed by atoms with Crippen molar-refractivity contribution >= 4 is 17.4 Å². The van der Waals surface area contributed by atoms with Gasteiger partial charge in [0.1, 0.15) is 12.1 Å². The fraction of sp³-hybridized carbons (Fsp3) is 0.429. The summed E-state index contributed by atoms with van der Waals surface area (Å²) >= 11 is 0. The second-order valence-corrected chi connectivity index (χ2v) is 7.74. The molecular weight excluding hydrogens is 352 g/mol. The number of anilines is 1. The number of aryl methyl sites for hydroxylation is 1. The van der Waals surface area contributed by atoms with Gasteiger partial charge < -0.3 is 10.2 Å². The SMILES string of the molecule is O=C(N[C@H]1CCCc2ccccc21)C1CCN(c2ccc3nncn3n2)CC1. The molecule has 3 aromatic rings. The molecule has 0 radical (unpaired) electrons. The Morgan fingerprint density at radius 2 is 1.93 bits per heavy atom. The van der Waals surface area contributed by atoms with E-state index in [9.17, 15) is 4.79 Å². The Kier molecular flexibility index (Phi) is 4.43. The average Bonchev–Trinajstić information content (AvgIpc) is 3.22. The summed E-state index contributed by atoms with van der Waals surface area (Å²) in [4.78, 5) is 15.1. The van der Waals surface area contributed by atoms with E-state index in [1.165, 1.54) is 11.1 Å². The molecule has 7 nitrogen and oxygen atoms in total. The van der Waals surface area contributed by atoms with Crippen LogP contribution in [0.15, 0.2) is 42.7 Å². The predicted octanol–water partition coefficient (Wildman–Crippen LogP) is 2.53. The molecule has 0 saturated carbocycles. The quantitative estimate of drug-likeness (QED) is 0.760. The molecule has 0 unspecified atom stereocenters. The van der Waals surface area contributed by atoms with E-state index in [2.05, 4.69) is 49.8 Å². The highest BCUT2D eigenvalue weighted by Crippen LogP contribution is 2.30. The third-order valence-electron chi connectivity index (χ3n) is 6.02. The predicted molar refractivity (Wildman–Crippen MR) is 106 cm³/mol. The Labute approximate surface area is 163 Å². The largest absolute Gasteiger partial charge is 0.355 e. The Morgan fingerprint density at radius 1 is 1.07 bits per heavy atom. The van der Waals surface area contributed by atoms with Gasteiger partial charge in [-0.3, -0.25) is 4.79 Å². The average molecular weight is 376 g/mol. The van der Waals surface area contributed by atoms with Crippen molar-refractivity contribution in [3.8, 4) is 0 Å². The molecule has 0 spiro atoms. The van der Waals surface area contributed by atoms with Gasteiger partial charge in [0.2, 0.25) is 5.91 Å². The number of carbonyl (C=O) groups is 1. The van der Waals surface area contributed by atoms with Crippen LogP contribution in [-0.2, 0) is 11.2 Å². The molecule has 2 aliphatic rings. The molecule has 2 aromatic heterocycles. The second-order valence-electron chi connectivity index (χ2n) is 7.74. The van der Waals surface area contributed by atoms with Gasteiger partial charge in [0.15, 0.2) is 5.65 Å². The summed E-state index contributed by atoms with van der Waals surface area (Å²) in [7, 11) is 0. The van der Waals surface area contributed by atoms with E-state index >= 15 is 0 Å². The van der Waals surface area contributed by atoms with Crippen LogP contribution in [0.5, 0.6) is 0 Å². The fourth-order valence-electron chi connectivity index (χ4n) is 4.45. The minimum Gasteiger partial charge on any atom is -0.355 e. The Bertz CT molecular complexity index is 991. The maximum atomic E-state index is 12.9. The van der Waals surface area contributed by atoms with Gasteiger partial charge in [0.25, 0.3) is 0 Å². The molecule has 0 bridgehead atoms. The number of carbonyl (C=O) groups excluding carboxylic acids is 1. The normalized spacial score (nSPS) is 20.1. The van der Waals surface area contributed by atoms with E-state index in [4.69, 9.17) is 0 Å². The van der Waals surface area contributed by atoms with E-state index in [1.54, 1.807) is 10.8 Å². The maximum Gasteiger partial charge on any atom is 0.223 e. The lowest BCUT2D eigenvalue weighted by Crippen LogP contribution is -2.42. The molecule has 28 heavy (non-hydrogen) atoms. The van der Waals surface area contributed by atoms with Crippen molar-refractivity contribution in [2.24, 2.45) is 5.92 Å². The summed E-state index contributed by atoms with van der Waals surface area (Å²) in [5.74, 6) is 1.18. The van der Waals surface area contributed by atoms with Gasteiger partial charge in [-0.05, 0) is 55.4 Å². The first-order chi connectivity index (χ1) is 13.8. The van der Waals surface area contributed by atoms with Crippen LogP contribution < -0.4 is 10.2 Å². The summed E-state index contributed by atoms with van der Waals surface area (Å²) < 4.78 is 1.69. The van der Waals surface area contributed by atoms with Crippen molar-refractivity contribution in [2.75, 3.05) is 18.0 Å². The molecule has 1 aromatic carbocycles. The monoisotopic (exact) mass is 376 g/mol. The van der Waals surface area contributed by atoms with Crippen LogP contribution in [0, 0.1) is 5.92 Å². The Balaban J connectivity index is 1.21. The van der Waals surface area contributed by atoms with Gasteiger partial charge in [0, 0.05) is 19.0 Å². The molecule has 1 amide bonds. The van der Waals surface area contributed by atoms with Crippen LogP contribution in [0.3, 0.4) is 0 Å². The molecule has 1 aliphatic heterocycles. The number of amides is 1. The number of rotatable bonds is 3. The van der Waals surface area contributed by atoms with Gasteiger partial charge in [0.05, 0.1) is 6.04 Å². The lowest BCUT2D eigenvalue weighted by atomic mass is 9.87. The summed E-state index contributed by atoms with van der Waals surface area (Å²) in [6.07, 6.45) is 6.60. The van der Waals surface area contributed by atoms with Crippen LogP contribution in [0.1, 0.15) is 42.9 Å². The number of aromatic nitrogens is 4. The van der Waals surface area contributed by atoms with Crippen LogP contribution >= 0.6 is 0 Å². The molecule has 1 fully saturated rings. The van der Waals surface area contributed by atoms with Gasteiger partial charge in [-0.15, -0.1) is 15.3 Å². The highest BCUT2D eigenvalue weighted by atomic mass is 16.1. The molecule has 3 heterocycles. The lowest BCUT2D eigenvalue weighted by molar-refractivity contribution is -0.126. The standard InChI is InChI=1S/C21H24N6O/c28-21(23-18-7-3-5-15-4-1-2-6-17(15)18)16-10-12-26(13-11-16)20-9-8-19-24-22-14-27(19)25-20/h1-2,4,6,8-9,14,16,18H,3,5,7,10-13H2,(H,23,28)/t18-/m0/s1. The first-order valence-electron chi connectivity index (χ1n) is 10.1. The third-order valence-corrected chi connectivity index (χ3v) is 6.02. The highest BCUT2D eigenvalue weighted by Gasteiger charge is 2.29. The van der Waals surface area contributed by atoms with Gasteiger partial charge in [-0.1, -0.05) is 24.3 Å². The zero-order valence-corrected chi connectivity index (χ0v) is 15.8. The molecule has 1 atom stereocenters. The lowest BCUT2D eigenvalue weighted by Gasteiger charge is -2.33. The van der Waals surface area contributed by atoms with E-state index in [-0.39, 0.29) is 17.9 Å². The number of benzene rings is 1. The molecular formula is C21H24N6O. The van der Waals surface area contributed by atoms with E-state index in [0.29, 0.717) is 0 Å². The number of fused-ring (bicyclic) bond motifs is 2. The van der Waals surface area contributed by atoms with Crippen molar-refractivity contribution < 1.29 is 4.79 Å². The minimum absolute atomic E-state index is 0.0731. The zero-order chi connectivity index (χ0) is 18.9. The Morgan fingerprint density at radius 3 is 2.82 bits per heavy atom. The summed E-state index contributed by atoms with van der Waals surface area (Å²) in [6, 6.07) is 12.6. The van der Waals surface area contributed by atoms with Crippen molar-refractivity contribution in [3.63, 3.8) is 0 Å². The number of hydrogen-bond donors (Lipinski definition) is 1. The molecule has 1 saturated heterocycles. The maximum absolute atomic E-state index is 12.9. The molecule has 5 rings (SSSR count). The van der Waals surface area contributed by atoms with Crippen molar-refractivity contribution in [1.29, 1.82) is 0 Å². The first kappa shape index (κ1) is 17.2. The van der Waals surface area contributed by atoms with Crippen LogP contribution in [-0.4, -0.2) is 38.8 Å². The summed E-state index contributed by atoms with van der Waals surface area (Å²) in [5.41, 5.74) is 3.42. The number of piperidine rings is 1. The van der Waals surface area contributed by atoms with E-state index in [0.717, 1.165) is 56.7 Å². The number of hydrogen-bond acceptors (Lipinski definition) is 5. The third kappa shape index (κ3) is 3.21. The minimum atomic E-state index is 0.0731. The van der Waals surface area contributed by atoms with Gasteiger partial charge in [-0.25, -0.2) is 0 Å². The molecule has 1 aliphatic carbocycles. The smallest absolute Gasteiger partial charge is 0.223 e. The van der Waals surface area contributed by atoms with Gasteiger partial charge in [-0.2, -0.15) is 4.52 Å². The number of nitrogens with zero attached hydrogens (tertiary/aromatic N) is 5. The number of nitrogens with one attached hydrogen (secondary N) is 1. The summed E-state index contributed by atoms with van der Waals surface area (Å²) in [5, 5.41) is 15.8. The van der Waals surface area contributed by atoms with Crippen molar-refractivity contribution in [3.05, 3.63) is 53.9 Å². The van der Waals surface area contributed by atoms with E-state index < -0.39 is 0 Å². The Hall–Kier alpha value is -2.96. The highest BCUT2D eigenvalue weighted by molar-refractivity contribution is 5.79. The van der Waals surface area contributed by atoms with Crippen LogP contribution in [0.2, 0.25) is 0 Å². The molecule has 7 heteroatoms. The van der Waals surface area contributed by atoms with Crippen LogP contribution in [0.25, 0.3) is 5.65 Å². The molecule has 144 valence electrons. The first-order valence-corrected chi connectivity index (χ1v) is 10.1. The fourth-order valence-corrected chi connectivity index (χ4v) is 4.45. The van der Waals surface area contributed by atoms with Crippen LogP contribution in [0.4, 0.5) is 5.82 Å². The molecule has 1 N–H and O–H groups in total.